The number of hydrogen-bond acceptors (Lipinski definition) is 3. The lowest BCUT2D eigenvalue weighted by molar-refractivity contribution is -0.143. The van der Waals surface area contributed by atoms with E-state index < -0.39 is 17.5 Å². The lowest BCUT2D eigenvalue weighted by atomic mass is 9.91. The van der Waals surface area contributed by atoms with Gasteiger partial charge >= 0.3 is 0 Å². The summed E-state index contributed by atoms with van der Waals surface area (Å²) in [4.78, 5) is 25.7. The van der Waals surface area contributed by atoms with Crippen LogP contribution in [0.5, 0.6) is 0 Å². The highest BCUT2D eigenvalue weighted by molar-refractivity contribution is 5.94. The van der Waals surface area contributed by atoms with Gasteiger partial charge in [0.05, 0.1) is 16.9 Å². The van der Waals surface area contributed by atoms with Crippen molar-refractivity contribution in [3.8, 4) is 5.69 Å². The number of alkyl halides is 1. The summed E-state index contributed by atoms with van der Waals surface area (Å²) < 4.78 is 15.7. The predicted molar refractivity (Wildman–Crippen MR) is 95.8 cm³/mol. The highest BCUT2D eigenvalue weighted by Crippen LogP contribution is 2.30. The molecule has 1 aliphatic heterocycles. The SMILES string of the molecule is CC(C)(F)C(=O)N1CCC[C@H](c2nn(-c3ccccc3)cc2C(N)=O)C1. The molecule has 6 nitrogen and oxygen atoms in total. The van der Waals surface area contributed by atoms with E-state index in [4.69, 9.17) is 5.73 Å². The van der Waals surface area contributed by atoms with Crippen molar-refractivity contribution in [2.45, 2.75) is 38.3 Å². The van der Waals surface area contributed by atoms with E-state index in [0.717, 1.165) is 18.5 Å². The molecule has 1 aliphatic rings. The van der Waals surface area contributed by atoms with Gasteiger partial charge in [-0.25, -0.2) is 9.07 Å². The normalized spacial score (nSPS) is 18.0. The largest absolute Gasteiger partial charge is 0.365 e. The molecule has 1 aromatic carbocycles. The van der Waals surface area contributed by atoms with Gasteiger partial charge in [-0.15, -0.1) is 0 Å². The fourth-order valence-corrected chi connectivity index (χ4v) is 3.35. The van der Waals surface area contributed by atoms with Crippen molar-refractivity contribution in [3.63, 3.8) is 0 Å². The molecule has 2 aromatic rings. The van der Waals surface area contributed by atoms with Crippen LogP contribution in [0.15, 0.2) is 36.5 Å². The van der Waals surface area contributed by atoms with Crippen LogP contribution in [-0.2, 0) is 4.79 Å². The Bertz CT molecular complexity index is 811. The number of hydrogen-bond donors (Lipinski definition) is 1. The number of rotatable bonds is 4. The Labute approximate surface area is 151 Å². The minimum absolute atomic E-state index is 0.150. The molecule has 1 atom stereocenters. The molecule has 0 aliphatic carbocycles. The Morgan fingerprint density at radius 2 is 1.96 bits per heavy atom. The molecule has 0 radical (unpaired) electrons. The van der Waals surface area contributed by atoms with Gasteiger partial charge in [-0.3, -0.25) is 9.59 Å². The van der Waals surface area contributed by atoms with Crippen LogP contribution in [0.25, 0.3) is 5.69 Å². The third-order valence-corrected chi connectivity index (χ3v) is 4.63. The first-order chi connectivity index (χ1) is 12.3. The Morgan fingerprint density at radius 1 is 1.27 bits per heavy atom. The number of piperidine rings is 1. The Balaban J connectivity index is 1.91. The summed E-state index contributed by atoms with van der Waals surface area (Å²) in [5, 5.41) is 4.57. The highest BCUT2D eigenvalue weighted by Gasteiger charge is 2.36. The third kappa shape index (κ3) is 3.61. The zero-order chi connectivity index (χ0) is 18.9. The van der Waals surface area contributed by atoms with Crippen molar-refractivity contribution in [1.82, 2.24) is 14.7 Å². The average Bonchev–Trinajstić information content (AvgIpc) is 3.07. The molecule has 0 spiro atoms. The first kappa shape index (κ1) is 18.1. The van der Waals surface area contributed by atoms with Crippen molar-refractivity contribution < 1.29 is 14.0 Å². The first-order valence-corrected chi connectivity index (χ1v) is 8.70. The van der Waals surface area contributed by atoms with Crippen molar-refractivity contribution in [2.75, 3.05) is 13.1 Å². The van der Waals surface area contributed by atoms with Gasteiger partial charge in [0.1, 0.15) is 0 Å². The maximum atomic E-state index is 14.0. The van der Waals surface area contributed by atoms with Gasteiger partial charge in [0.25, 0.3) is 11.8 Å². The summed E-state index contributed by atoms with van der Waals surface area (Å²) in [7, 11) is 0. The zero-order valence-corrected chi connectivity index (χ0v) is 15.0. The van der Waals surface area contributed by atoms with Crippen molar-refractivity contribution >= 4 is 11.8 Å². The van der Waals surface area contributed by atoms with Crippen LogP contribution >= 0.6 is 0 Å². The van der Waals surface area contributed by atoms with Gasteiger partial charge in [0.15, 0.2) is 5.67 Å². The molecule has 0 saturated carbocycles. The highest BCUT2D eigenvalue weighted by atomic mass is 19.1. The topological polar surface area (TPSA) is 81.2 Å². The second-order valence-corrected chi connectivity index (χ2v) is 7.14. The van der Waals surface area contributed by atoms with E-state index in [9.17, 15) is 14.0 Å². The predicted octanol–water partition coefficient (Wildman–Crippen LogP) is 2.43. The van der Waals surface area contributed by atoms with E-state index in [0.29, 0.717) is 24.3 Å². The first-order valence-electron chi connectivity index (χ1n) is 8.70. The van der Waals surface area contributed by atoms with E-state index in [1.807, 2.05) is 30.3 Å². The fourth-order valence-electron chi connectivity index (χ4n) is 3.35. The standard InChI is InChI=1S/C19H23FN4O2/c1-19(2,20)18(26)23-10-6-7-13(11-23)16-15(17(21)25)12-24(22-16)14-8-4-3-5-9-14/h3-5,8-9,12-13H,6-7,10-11H2,1-2H3,(H2,21,25)/t13-/m0/s1. The Hall–Kier alpha value is -2.70. The Kier molecular flexibility index (Phi) is 4.80. The number of aromatic nitrogens is 2. The molecular formula is C19H23FN4O2. The number of likely N-dealkylation sites (tertiary alicyclic amines) is 1. The minimum atomic E-state index is -1.92. The third-order valence-electron chi connectivity index (χ3n) is 4.63. The van der Waals surface area contributed by atoms with Crippen molar-refractivity contribution in [1.29, 1.82) is 0 Å². The maximum Gasteiger partial charge on any atom is 0.259 e. The molecule has 1 aromatic heterocycles. The summed E-state index contributed by atoms with van der Waals surface area (Å²) >= 11 is 0. The van der Waals surface area contributed by atoms with Gasteiger partial charge in [-0.1, -0.05) is 18.2 Å². The van der Waals surface area contributed by atoms with E-state index in [1.54, 1.807) is 10.9 Å². The molecule has 1 saturated heterocycles. The van der Waals surface area contributed by atoms with Crippen LogP contribution < -0.4 is 5.73 Å². The van der Waals surface area contributed by atoms with Crippen LogP contribution in [0, 0.1) is 0 Å². The molecule has 0 bridgehead atoms. The van der Waals surface area contributed by atoms with Gasteiger partial charge < -0.3 is 10.6 Å². The zero-order valence-electron chi connectivity index (χ0n) is 15.0. The number of primary amides is 1. The summed E-state index contributed by atoms with van der Waals surface area (Å²) in [6, 6.07) is 9.41. The quantitative estimate of drug-likeness (QED) is 0.911. The van der Waals surface area contributed by atoms with E-state index in [-0.39, 0.29) is 5.92 Å². The van der Waals surface area contributed by atoms with Crippen LogP contribution in [-0.4, -0.2) is 45.3 Å². The van der Waals surface area contributed by atoms with Gasteiger partial charge in [0.2, 0.25) is 0 Å². The minimum Gasteiger partial charge on any atom is -0.365 e. The molecule has 0 unspecified atom stereocenters. The molecular weight excluding hydrogens is 335 g/mol. The lowest BCUT2D eigenvalue weighted by Gasteiger charge is -2.34. The number of nitrogens with zero attached hydrogens (tertiary/aromatic N) is 3. The Morgan fingerprint density at radius 3 is 2.58 bits per heavy atom. The van der Waals surface area contributed by atoms with Crippen molar-refractivity contribution in [3.05, 3.63) is 47.8 Å². The smallest absolute Gasteiger partial charge is 0.259 e. The second-order valence-electron chi connectivity index (χ2n) is 7.14. The summed E-state index contributed by atoms with van der Waals surface area (Å²) in [5.74, 6) is -1.25. The van der Waals surface area contributed by atoms with Crippen LogP contribution in [0.1, 0.15) is 48.7 Å². The van der Waals surface area contributed by atoms with Crippen LogP contribution in [0.4, 0.5) is 4.39 Å². The van der Waals surface area contributed by atoms with E-state index >= 15 is 0 Å². The average molecular weight is 358 g/mol. The number of halogens is 1. The summed E-state index contributed by atoms with van der Waals surface area (Å²) in [6.45, 7) is 3.36. The fraction of sp³-hybridized carbons (Fsp3) is 0.421. The van der Waals surface area contributed by atoms with Gasteiger partial charge in [-0.2, -0.15) is 5.10 Å². The molecule has 2 amide bonds. The molecule has 7 heteroatoms. The van der Waals surface area contributed by atoms with Crippen molar-refractivity contribution in [2.24, 2.45) is 5.73 Å². The van der Waals surface area contributed by atoms with Gasteiger partial charge in [0, 0.05) is 25.2 Å². The maximum absolute atomic E-state index is 14.0. The number of para-hydroxylation sites is 1. The lowest BCUT2D eigenvalue weighted by Crippen LogP contribution is -2.47. The van der Waals surface area contributed by atoms with Crippen LogP contribution in [0.3, 0.4) is 0 Å². The number of benzene rings is 1. The van der Waals surface area contributed by atoms with E-state index in [1.165, 1.54) is 18.7 Å². The monoisotopic (exact) mass is 358 g/mol. The number of carbonyl (C=O) groups is 2. The molecule has 3 rings (SSSR count). The second kappa shape index (κ2) is 6.90. The molecule has 26 heavy (non-hydrogen) atoms. The molecule has 138 valence electrons. The summed E-state index contributed by atoms with van der Waals surface area (Å²) in [5.41, 5.74) is 5.35. The number of carbonyl (C=O) groups excluding carboxylic acids is 2. The number of nitrogens with two attached hydrogens (primary N) is 1. The summed E-state index contributed by atoms with van der Waals surface area (Å²) in [6.07, 6.45) is 3.11. The molecule has 2 N–H and O–H groups in total. The number of amides is 2. The van der Waals surface area contributed by atoms with Crippen LogP contribution in [0.2, 0.25) is 0 Å². The van der Waals surface area contributed by atoms with Gasteiger partial charge in [-0.05, 0) is 38.8 Å². The van der Waals surface area contributed by atoms with E-state index in [2.05, 4.69) is 5.10 Å². The molecule has 2 heterocycles. The molecule has 1 fully saturated rings.